The number of hydrogen-bond acceptors (Lipinski definition) is 3. The van der Waals surface area contributed by atoms with E-state index in [1.54, 1.807) is 29.0 Å². The predicted molar refractivity (Wildman–Crippen MR) is 86.7 cm³/mol. The van der Waals surface area contributed by atoms with Crippen molar-refractivity contribution in [2.45, 2.75) is 13.0 Å². The van der Waals surface area contributed by atoms with E-state index in [0.717, 1.165) is 10.9 Å². The zero-order valence-electron chi connectivity index (χ0n) is 11.7. The third-order valence-corrected chi connectivity index (χ3v) is 3.86. The Hall–Kier alpha value is -2.46. The fourth-order valence-corrected chi connectivity index (χ4v) is 2.57. The highest BCUT2D eigenvalue weighted by Gasteiger charge is 2.05. The number of aromatic hydroxyl groups is 2. The highest BCUT2D eigenvalue weighted by Crippen LogP contribution is 2.25. The van der Waals surface area contributed by atoms with Crippen molar-refractivity contribution in [2.75, 3.05) is 0 Å². The number of fused-ring (bicyclic) bond motifs is 1. The molecule has 0 saturated heterocycles. The van der Waals surface area contributed by atoms with Crippen LogP contribution in [0.5, 0.6) is 11.5 Å². The Balaban J connectivity index is 1.89. The Kier molecular flexibility index (Phi) is 3.77. The number of phenols is 2. The summed E-state index contributed by atoms with van der Waals surface area (Å²) in [6, 6.07) is 11.8. The van der Waals surface area contributed by atoms with Crippen molar-refractivity contribution in [2.24, 2.45) is 0 Å². The van der Waals surface area contributed by atoms with Gasteiger partial charge in [-0.2, -0.15) is 0 Å². The lowest BCUT2D eigenvalue weighted by atomic mass is 10.1. The van der Waals surface area contributed by atoms with E-state index in [0.29, 0.717) is 23.4 Å². The smallest absolute Gasteiger partial charge is 0.258 e. The maximum Gasteiger partial charge on any atom is 0.258 e. The molecule has 0 aliphatic heterocycles. The van der Waals surface area contributed by atoms with Gasteiger partial charge in [0.1, 0.15) is 0 Å². The van der Waals surface area contributed by atoms with Gasteiger partial charge in [0.15, 0.2) is 11.5 Å². The molecule has 3 aromatic rings. The van der Waals surface area contributed by atoms with Crippen LogP contribution in [0.4, 0.5) is 0 Å². The number of nitrogens with zero attached hydrogens (tertiary/aromatic N) is 1. The summed E-state index contributed by atoms with van der Waals surface area (Å²) in [6.07, 6.45) is 2.32. The van der Waals surface area contributed by atoms with Crippen LogP contribution in [0, 0.1) is 0 Å². The summed E-state index contributed by atoms with van der Waals surface area (Å²) >= 11 is 5.95. The van der Waals surface area contributed by atoms with E-state index in [4.69, 9.17) is 11.6 Å². The van der Waals surface area contributed by atoms with Crippen molar-refractivity contribution in [3.05, 3.63) is 69.6 Å². The molecule has 0 radical (unpaired) electrons. The van der Waals surface area contributed by atoms with Gasteiger partial charge in [-0.1, -0.05) is 23.7 Å². The van der Waals surface area contributed by atoms with Gasteiger partial charge in [0.05, 0.1) is 0 Å². The molecule has 0 atom stereocenters. The van der Waals surface area contributed by atoms with E-state index >= 15 is 0 Å². The van der Waals surface area contributed by atoms with Gasteiger partial charge in [-0.25, -0.2) is 0 Å². The summed E-state index contributed by atoms with van der Waals surface area (Å²) in [5.74, 6) is -0.309. The molecular formula is C17H14ClNO3. The summed E-state index contributed by atoms with van der Waals surface area (Å²) in [4.78, 5) is 12.4. The largest absolute Gasteiger partial charge is 0.504 e. The van der Waals surface area contributed by atoms with E-state index in [1.165, 1.54) is 12.1 Å². The second-order valence-corrected chi connectivity index (χ2v) is 5.56. The first-order valence-corrected chi connectivity index (χ1v) is 7.22. The summed E-state index contributed by atoms with van der Waals surface area (Å²) in [7, 11) is 0. The highest BCUT2D eigenvalue weighted by atomic mass is 35.5. The van der Waals surface area contributed by atoms with Crippen LogP contribution in [0.15, 0.2) is 53.5 Å². The summed E-state index contributed by atoms with van der Waals surface area (Å²) < 4.78 is 1.61. The Morgan fingerprint density at radius 1 is 1.00 bits per heavy atom. The van der Waals surface area contributed by atoms with Crippen molar-refractivity contribution < 1.29 is 10.2 Å². The molecule has 22 heavy (non-hydrogen) atoms. The van der Waals surface area contributed by atoms with Crippen LogP contribution in [0.3, 0.4) is 0 Å². The molecule has 0 unspecified atom stereocenters. The van der Waals surface area contributed by atoms with Gasteiger partial charge in [-0.05, 0) is 47.7 Å². The zero-order valence-corrected chi connectivity index (χ0v) is 12.4. The molecule has 2 N–H and O–H groups in total. The van der Waals surface area contributed by atoms with Gasteiger partial charge in [0.25, 0.3) is 5.56 Å². The van der Waals surface area contributed by atoms with Gasteiger partial charge in [0, 0.05) is 23.2 Å². The number of aryl methyl sites for hydroxylation is 2. The second kappa shape index (κ2) is 5.73. The van der Waals surface area contributed by atoms with Crippen LogP contribution in [0.25, 0.3) is 10.8 Å². The van der Waals surface area contributed by atoms with E-state index < -0.39 is 0 Å². The van der Waals surface area contributed by atoms with Crippen molar-refractivity contribution >= 4 is 22.4 Å². The average Bonchev–Trinajstić information content (AvgIpc) is 2.50. The first-order chi connectivity index (χ1) is 10.5. The van der Waals surface area contributed by atoms with Gasteiger partial charge in [-0.3, -0.25) is 4.79 Å². The van der Waals surface area contributed by atoms with E-state index in [-0.39, 0.29) is 17.1 Å². The fourth-order valence-electron chi connectivity index (χ4n) is 2.40. The molecule has 0 amide bonds. The Morgan fingerprint density at radius 2 is 1.82 bits per heavy atom. The molecule has 0 spiro atoms. The number of hydrogen-bond donors (Lipinski definition) is 2. The number of phenolic OH excluding ortho intramolecular Hbond substituents is 2. The van der Waals surface area contributed by atoms with Crippen LogP contribution in [0.1, 0.15) is 5.56 Å². The molecule has 2 aromatic carbocycles. The average molecular weight is 316 g/mol. The first-order valence-electron chi connectivity index (χ1n) is 6.84. The SMILES string of the molecule is O=c1c2cc(Cl)ccc2ccn1CCc1ccc(O)c(O)c1. The molecule has 5 heteroatoms. The summed E-state index contributed by atoms with van der Waals surface area (Å²) in [5.41, 5.74) is 0.747. The zero-order chi connectivity index (χ0) is 15.7. The van der Waals surface area contributed by atoms with Crippen LogP contribution in [-0.2, 0) is 13.0 Å². The number of aromatic nitrogens is 1. The third kappa shape index (κ3) is 2.78. The van der Waals surface area contributed by atoms with Crippen LogP contribution < -0.4 is 5.56 Å². The van der Waals surface area contributed by atoms with Gasteiger partial charge in [-0.15, -0.1) is 0 Å². The van der Waals surface area contributed by atoms with E-state index in [1.807, 2.05) is 12.1 Å². The maximum atomic E-state index is 12.4. The van der Waals surface area contributed by atoms with Crippen molar-refractivity contribution in [3.8, 4) is 11.5 Å². The normalized spacial score (nSPS) is 11.0. The lowest BCUT2D eigenvalue weighted by Crippen LogP contribution is -2.20. The minimum atomic E-state index is -0.157. The highest BCUT2D eigenvalue weighted by molar-refractivity contribution is 6.31. The summed E-state index contributed by atoms with van der Waals surface area (Å²) in [5, 5.41) is 20.8. The molecule has 0 bridgehead atoms. The van der Waals surface area contributed by atoms with Crippen molar-refractivity contribution in [1.29, 1.82) is 0 Å². The molecular weight excluding hydrogens is 302 g/mol. The monoisotopic (exact) mass is 315 g/mol. The number of halogens is 1. The Morgan fingerprint density at radius 3 is 2.59 bits per heavy atom. The standard InChI is InChI=1S/C17H14ClNO3/c18-13-3-2-12-6-8-19(17(22)14(12)10-13)7-5-11-1-4-15(20)16(21)9-11/h1-4,6,8-10,20-21H,5,7H2. The molecule has 3 rings (SSSR count). The first kappa shape index (κ1) is 14.5. The van der Waals surface area contributed by atoms with Gasteiger partial charge in [0.2, 0.25) is 0 Å². The third-order valence-electron chi connectivity index (χ3n) is 3.62. The lowest BCUT2D eigenvalue weighted by molar-refractivity contribution is 0.403. The molecule has 0 saturated carbocycles. The number of pyridine rings is 1. The lowest BCUT2D eigenvalue weighted by Gasteiger charge is -2.08. The second-order valence-electron chi connectivity index (χ2n) is 5.12. The van der Waals surface area contributed by atoms with Gasteiger partial charge >= 0.3 is 0 Å². The van der Waals surface area contributed by atoms with E-state index in [2.05, 4.69) is 0 Å². The molecule has 1 heterocycles. The fraction of sp³-hybridized carbons (Fsp3) is 0.118. The topological polar surface area (TPSA) is 62.5 Å². The Bertz CT molecular complexity index is 902. The molecule has 0 aliphatic carbocycles. The molecule has 4 nitrogen and oxygen atoms in total. The predicted octanol–water partition coefficient (Wildman–Crippen LogP) is 3.31. The summed E-state index contributed by atoms with van der Waals surface area (Å²) in [6.45, 7) is 0.478. The quantitative estimate of drug-likeness (QED) is 0.729. The van der Waals surface area contributed by atoms with E-state index in [9.17, 15) is 15.0 Å². The number of benzene rings is 2. The van der Waals surface area contributed by atoms with Crippen molar-refractivity contribution in [3.63, 3.8) is 0 Å². The van der Waals surface area contributed by atoms with Gasteiger partial charge < -0.3 is 14.8 Å². The molecule has 0 aliphatic rings. The maximum absolute atomic E-state index is 12.4. The molecule has 112 valence electrons. The Labute approximate surface area is 131 Å². The number of rotatable bonds is 3. The molecule has 0 fully saturated rings. The van der Waals surface area contributed by atoms with Crippen LogP contribution >= 0.6 is 11.6 Å². The minimum Gasteiger partial charge on any atom is -0.504 e. The van der Waals surface area contributed by atoms with Crippen LogP contribution in [0.2, 0.25) is 5.02 Å². The van der Waals surface area contributed by atoms with Crippen molar-refractivity contribution in [1.82, 2.24) is 4.57 Å². The minimum absolute atomic E-state index is 0.0944. The van der Waals surface area contributed by atoms with Crippen LogP contribution in [-0.4, -0.2) is 14.8 Å². The molecule has 1 aromatic heterocycles.